The van der Waals surface area contributed by atoms with Gasteiger partial charge >= 0.3 is 6.03 Å². The molecule has 1 saturated heterocycles. The first-order valence-corrected chi connectivity index (χ1v) is 9.84. The highest BCUT2D eigenvalue weighted by Crippen LogP contribution is 2.55. The van der Waals surface area contributed by atoms with Gasteiger partial charge in [0, 0.05) is 5.54 Å². The Morgan fingerprint density at radius 2 is 1.54 bits per heavy atom. The summed E-state index contributed by atoms with van der Waals surface area (Å²) in [7, 11) is 0. The Morgan fingerprint density at radius 1 is 1.00 bits per heavy atom. The summed E-state index contributed by atoms with van der Waals surface area (Å²) in [5, 5.41) is 5.79. The fourth-order valence-electron chi connectivity index (χ4n) is 6.13. The Labute approximate surface area is 144 Å². The standard InChI is InChI=1S/C19H31N3O2/c1-13-2-4-22(5-3-13)12-17(23)20-18(24)21-19-9-14-6-15(10-19)8-16(7-14)11-19/h13-16H,2-12H2,1H3,(H2,20,21,23,24). The predicted octanol–water partition coefficient (Wildman–Crippen LogP) is 2.51. The highest BCUT2D eigenvalue weighted by molar-refractivity contribution is 5.95. The van der Waals surface area contributed by atoms with Crippen LogP contribution < -0.4 is 10.6 Å². The molecular weight excluding hydrogens is 302 g/mol. The van der Waals surface area contributed by atoms with Gasteiger partial charge in [-0.2, -0.15) is 0 Å². The Bertz CT molecular complexity index is 475. The molecule has 134 valence electrons. The molecule has 4 bridgehead atoms. The van der Waals surface area contributed by atoms with E-state index in [-0.39, 0.29) is 17.5 Å². The van der Waals surface area contributed by atoms with E-state index < -0.39 is 0 Å². The first kappa shape index (κ1) is 16.4. The van der Waals surface area contributed by atoms with E-state index in [1.807, 2.05) is 0 Å². The van der Waals surface area contributed by atoms with Crippen LogP contribution in [-0.4, -0.2) is 42.0 Å². The van der Waals surface area contributed by atoms with Crippen LogP contribution in [-0.2, 0) is 4.79 Å². The van der Waals surface area contributed by atoms with E-state index in [1.54, 1.807) is 0 Å². The van der Waals surface area contributed by atoms with Crippen LogP contribution in [0.25, 0.3) is 0 Å². The lowest BCUT2D eigenvalue weighted by molar-refractivity contribution is -0.121. The van der Waals surface area contributed by atoms with Crippen molar-refractivity contribution in [3.8, 4) is 0 Å². The van der Waals surface area contributed by atoms with Gasteiger partial charge in [-0.1, -0.05) is 6.92 Å². The maximum absolute atomic E-state index is 12.4. The van der Waals surface area contributed by atoms with Gasteiger partial charge in [-0.05, 0) is 88.1 Å². The summed E-state index contributed by atoms with van der Waals surface area (Å²) in [5.41, 5.74) is -0.0281. The number of nitrogens with one attached hydrogen (secondary N) is 2. The van der Waals surface area contributed by atoms with Crippen LogP contribution in [0.1, 0.15) is 58.3 Å². The summed E-state index contributed by atoms with van der Waals surface area (Å²) in [4.78, 5) is 26.7. The number of amides is 3. The normalized spacial score (nSPS) is 39.0. The average molecular weight is 333 g/mol. The van der Waals surface area contributed by atoms with E-state index >= 15 is 0 Å². The molecule has 5 nitrogen and oxygen atoms in total. The molecule has 0 atom stereocenters. The van der Waals surface area contributed by atoms with Crippen molar-refractivity contribution in [1.29, 1.82) is 0 Å². The maximum Gasteiger partial charge on any atom is 0.321 e. The van der Waals surface area contributed by atoms with Crippen molar-refractivity contribution in [1.82, 2.24) is 15.5 Å². The summed E-state index contributed by atoms with van der Waals surface area (Å²) < 4.78 is 0. The number of rotatable bonds is 3. The van der Waals surface area contributed by atoms with Crippen molar-refractivity contribution in [3.63, 3.8) is 0 Å². The average Bonchev–Trinajstić information content (AvgIpc) is 2.47. The Kier molecular flexibility index (Phi) is 4.31. The first-order valence-electron chi connectivity index (χ1n) is 9.84. The molecule has 1 heterocycles. The summed E-state index contributed by atoms with van der Waals surface area (Å²) in [5.74, 6) is 2.98. The fraction of sp³-hybridized carbons (Fsp3) is 0.895. The molecule has 5 heteroatoms. The van der Waals surface area contributed by atoms with Crippen molar-refractivity contribution in [3.05, 3.63) is 0 Å². The van der Waals surface area contributed by atoms with Crippen LogP contribution in [0.5, 0.6) is 0 Å². The molecule has 24 heavy (non-hydrogen) atoms. The molecule has 0 radical (unpaired) electrons. The molecule has 4 saturated carbocycles. The van der Waals surface area contributed by atoms with E-state index in [0.29, 0.717) is 6.54 Å². The summed E-state index contributed by atoms with van der Waals surface area (Å²) in [6.07, 6.45) is 9.71. The van der Waals surface area contributed by atoms with E-state index in [0.717, 1.165) is 68.9 Å². The molecule has 0 aromatic rings. The highest BCUT2D eigenvalue weighted by Gasteiger charge is 2.51. The third kappa shape index (κ3) is 3.46. The second kappa shape index (κ2) is 6.32. The molecule has 5 aliphatic rings. The first-order chi connectivity index (χ1) is 11.5. The fourth-order valence-corrected chi connectivity index (χ4v) is 6.13. The largest absolute Gasteiger partial charge is 0.332 e. The van der Waals surface area contributed by atoms with E-state index in [1.165, 1.54) is 19.3 Å². The number of carbonyl (C=O) groups is 2. The maximum atomic E-state index is 12.4. The van der Waals surface area contributed by atoms with Crippen LogP contribution in [0.2, 0.25) is 0 Å². The molecule has 5 rings (SSSR count). The van der Waals surface area contributed by atoms with Gasteiger partial charge in [-0.3, -0.25) is 15.0 Å². The van der Waals surface area contributed by atoms with Gasteiger partial charge in [0.1, 0.15) is 0 Å². The minimum Gasteiger partial charge on any atom is -0.332 e. The zero-order valence-electron chi connectivity index (χ0n) is 14.9. The third-order valence-corrected chi connectivity index (χ3v) is 6.91. The molecule has 3 amide bonds. The Morgan fingerprint density at radius 3 is 2.08 bits per heavy atom. The molecule has 0 aromatic heterocycles. The number of piperidine rings is 1. The van der Waals surface area contributed by atoms with Gasteiger partial charge in [-0.25, -0.2) is 4.79 Å². The predicted molar refractivity (Wildman–Crippen MR) is 92.4 cm³/mol. The second-order valence-corrected chi connectivity index (χ2v) is 9.16. The van der Waals surface area contributed by atoms with E-state index in [4.69, 9.17) is 0 Å². The van der Waals surface area contributed by atoms with Gasteiger partial charge in [0.05, 0.1) is 6.54 Å². The molecule has 0 aromatic carbocycles. The minimum atomic E-state index is -0.271. The monoisotopic (exact) mass is 333 g/mol. The zero-order chi connectivity index (χ0) is 16.7. The van der Waals surface area contributed by atoms with Crippen LogP contribution >= 0.6 is 0 Å². The summed E-state index contributed by atoms with van der Waals surface area (Å²) >= 11 is 0. The van der Waals surface area contributed by atoms with Gasteiger partial charge < -0.3 is 5.32 Å². The topological polar surface area (TPSA) is 61.4 Å². The molecule has 0 unspecified atom stereocenters. The van der Waals surface area contributed by atoms with Crippen molar-refractivity contribution in [2.45, 2.75) is 63.8 Å². The smallest absolute Gasteiger partial charge is 0.321 e. The quantitative estimate of drug-likeness (QED) is 0.834. The highest BCUT2D eigenvalue weighted by atomic mass is 16.2. The van der Waals surface area contributed by atoms with Crippen LogP contribution in [0, 0.1) is 23.7 Å². The van der Waals surface area contributed by atoms with Gasteiger partial charge in [0.15, 0.2) is 0 Å². The number of hydrogen-bond donors (Lipinski definition) is 2. The second-order valence-electron chi connectivity index (χ2n) is 9.16. The molecular formula is C19H31N3O2. The lowest BCUT2D eigenvalue weighted by atomic mass is 9.53. The lowest BCUT2D eigenvalue weighted by Crippen LogP contribution is -2.62. The van der Waals surface area contributed by atoms with E-state index in [2.05, 4.69) is 22.5 Å². The number of imide groups is 1. The minimum absolute atomic E-state index is 0.0281. The van der Waals surface area contributed by atoms with Crippen molar-refractivity contribution in [2.75, 3.05) is 19.6 Å². The van der Waals surface area contributed by atoms with Crippen molar-refractivity contribution in [2.24, 2.45) is 23.7 Å². The zero-order valence-corrected chi connectivity index (χ0v) is 14.9. The van der Waals surface area contributed by atoms with Gasteiger partial charge in [-0.15, -0.1) is 0 Å². The number of nitrogens with zero attached hydrogens (tertiary/aromatic N) is 1. The Hall–Kier alpha value is -1.10. The molecule has 5 fully saturated rings. The number of urea groups is 1. The van der Waals surface area contributed by atoms with Crippen molar-refractivity contribution >= 4 is 11.9 Å². The number of likely N-dealkylation sites (tertiary alicyclic amines) is 1. The van der Waals surface area contributed by atoms with Crippen LogP contribution in [0.3, 0.4) is 0 Å². The Balaban J connectivity index is 1.27. The van der Waals surface area contributed by atoms with Gasteiger partial charge in [0.2, 0.25) is 5.91 Å². The molecule has 2 N–H and O–H groups in total. The van der Waals surface area contributed by atoms with E-state index in [9.17, 15) is 9.59 Å². The van der Waals surface area contributed by atoms with Crippen molar-refractivity contribution < 1.29 is 9.59 Å². The van der Waals surface area contributed by atoms with Gasteiger partial charge in [0.25, 0.3) is 0 Å². The molecule has 0 spiro atoms. The number of carbonyl (C=O) groups excluding carboxylic acids is 2. The summed E-state index contributed by atoms with van der Waals surface area (Å²) in [6, 6.07) is -0.271. The lowest BCUT2D eigenvalue weighted by Gasteiger charge is -2.56. The summed E-state index contributed by atoms with van der Waals surface area (Å²) in [6.45, 7) is 4.54. The number of hydrogen-bond acceptors (Lipinski definition) is 3. The molecule has 4 aliphatic carbocycles. The molecule has 1 aliphatic heterocycles. The SMILES string of the molecule is CC1CCN(CC(=O)NC(=O)NC23CC4CC(CC(C4)C2)C3)CC1. The van der Waals surface area contributed by atoms with Crippen LogP contribution in [0.4, 0.5) is 4.79 Å². The third-order valence-electron chi connectivity index (χ3n) is 6.91. The van der Waals surface area contributed by atoms with Crippen LogP contribution in [0.15, 0.2) is 0 Å².